The smallest absolute Gasteiger partial charge is 0.364 e. The Morgan fingerprint density at radius 3 is 1.11 bits per heavy atom. The van der Waals surface area contributed by atoms with Gasteiger partial charge in [-0.15, -0.1) is 0 Å². The molecule has 0 aromatic rings. The van der Waals surface area contributed by atoms with E-state index >= 15 is 0 Å². The Balaban J connectivity index is 5.77. The maximum atomic E-state index is 6.81. The standard InChI is InChI=1S/C28H63NO6Si2/c1-12-19-21-23-27(36(10,30-15-4)31-16-5)34-25(8)29(14-3)26(9)35-28(24-22-20-13-2)37(11,32-17-6)33-18-7/h25-28H,12-24H2,1-11H3. The van der Waals surface area contributed by atoms with Crippen LogP contribution in [0.25, 0.3) is 0 Å². The summed E-state index contributed by atoms with van der Waals surface area (Å²) in [5, 5.41) is 0. The molecule has 0 aliphatic rings. The molecule has 0 bridgehead atoms. The monoisotopic (exact) mass is 565 g/mol. The Hall–Kier alpha value is 0.154. The Labute approximate surface area is 232 Å². The molecule has 0 saturated heterocycles. The van der Waals surface area contributed by atoms with Gasteiger partial charge in [0.1, 0.15) is 23.9 Å². The van der Waals surface area contributed by atoms with Crippen LogP contribution in [0.3, 0.4) is 0 Å². The maximum Gasteiger partial charge on any atom is 0.364 e. The molecular formula is C28H63NO6Si2. The van der Waals surface area contributed by atoms with Crippen molar-refractivity contribution in [1.82, 2.24) is 4.90 Å². The van der Waals surface area contributed by atoms with E-state index in [0.717, 1.165) is 32.2 Å². The summed E-state index contributed by atoms with van der Waals surface area (Å²) in [5.74, 6) is 0. The van der Waals surface area contributed by atoms with Crippen molar-refractivity contribution in [3.63, 3.8) is 0 Å². The highest BCUT2D eigenvalue weighted by Crippen LogP contribution is 2.27. The second-order valence-corrected chi connectivity index (χ2v) is 16.5. The third kappa shape index (κ3) is 13.4. The summed E-state index contributed by atoms with van der Waals surface area (Å²) >= 11 is 0. The summed E-state index contributed by atoms with van der Waals surface area (Å²) < 4.78 is 38.7. The molecule has 224 valence electrons. The van der Waals surface area contributed by atoms with Gasteiger partial charge in [0.05, 0.1) is 0 Å². The Bertz CT molecular complexity index is 489. The van der Waals surface area contributed by atoms with Crippen molar-refractivity contribution in [2.45, 2.75) is 151 Å². The molecule has 9 heteroatoms. The van der Waals surface area contributed by atoms with Gasteiger partial charge in [0.2, 0.25) is 0 Å². The third-order valence-corrected chi connectivity index (χ3v) is 13.7. The molecule has 37 heavy (non-hydrogen) atoms. The van der Waals surface area contributed by atoms with E-state index in [1.165, 1.54) is 25.7 Å². The fourth-order valence-corrected chi connectivity index (χ4v) is 10.7. The molecule has 0 aromatic carbocycles. The lowest BCUT2D eigenvalue weighted by molar-refractivity contribution is -0.164. The second kappa shape index (κ2) is 21.0. The summed E-state index contributed by atoms with van der Waals surface area (Å²) in [6.07, 6.45) is 8.58. The van der Waals surface area contributed by atoms with Gasteiger partial charge in [-0.05, 0) is 67.5 Å². The number of hydrogen-bond donors (Lipinski definition) is 0. The summed E-state index contributed by atoms with van der Waals surface area (Å²) in [4.78, 5) is 2.29. The SMILES string of the molecule is CCCCCC(OC(C)N(CC)C(C)OC(CCCCC)[Si](C)(OCC)OCC)[Si](C)(OCC)OCC. The van der Waals surface area contributed by atoms with Crippen molar-refractivity contribution in [2.24, 2.45) is 0 Å². The minimum atomic E-state index is -2.51. The first-order valence-corrected chi connectivity index (χ1v) is 20.0. The van der Waals surface area contributed by atoms with Crippen LogP contribution in [-0.4, -0.2) is 78.9 Å². The van der Waals surface area contributed by atoms with Crippen molar-refractivity contribution < 1.29 is 27.2 Å². The molecule has 0 rings (SSSR count). The molecule has 0 N–H and O–H groups in total. The maximum absolute atomic E-state index is 6.81. The molecule has 4 unspecified atom stereocenters. The van der Waals surface area contributed by atoms with Gasteiger partial charge in [-0.3, -0.25) is 4.90 Å². The van der Waals surface area contributed by atoms with Crippen LogP contribution in [0.2, 0.25) is 13.1 Å². The molecule has 0 aliphatic heterocycles. The van der Waals surface area contributed by atoms with Crippen molar-refractivity contribution in [2.75, 3.05) is 33.0 Å². The Morgan fingerprint density at radius 1 is 0.541 bits per heavy atom. The molecule has 7 nitrogen and oxygen atoms in total. The molecular weight excluding hydrogens is 502 g/mol. The summed E-state index contributed by atoms with van der Waals surface area (Å²) in [6, 6.07) is 0. The van der Waals surface area contributed by atoms with E-state index in [1.807, 2.05) is 27.7 Å². The first-order chi connectivity index (χ1) is 17.6. The molecule has 0 aromatic heterocycles. The van der Waals surface area contributed by atoms with Crippen molar-refractivity contribution in [3.8, 4) is 0 Å². The normalized spacial score (nSPS) is 16.2. The van der Waals surface area contributed by atoms with Crippen LogP contribution in [0.5, 0.6) is 0 Å². The number of ether oxygens (including phenoxy) is 2. The molecule has 0 amide bonds. The Morgan fingerprint density at radius 2 is 0.865 bits per heavy atom. The molecule has 4 atom stereocenters. The minimum absolute atomic E-state index is 0.0398. The average molecular weight is 566 g/mol. The molecule has 0 radical (unpaired) electrons. The van der Waals surface area contributed by atoms with Gasteiger partial charge in [-0.25, -0.2) is 0 Å². The lowest BCUT2D eigenvalue weighted by Gasteiger charge is -2.42. The first-order valence-electron chi connectivity index (χ1n) is 15.2. The van der Waals surface area contributed by atoms with Gasteiger partial charge in [0, 0.05) is 33.0 Å². The molecule has 0 heterocycles. The van der Waals surface area contributed by atoms with E-state index in [4.69, 9.17) is 27.2 Å². The van der Waals surface area contributed by atoms with Gasteiger partial charge < -0.3 is 27.2 Å². The third-order valence-electron chi connectivity index (χ3n) is 7.05. The number of rotatable bonds is 25. The van der Waals surface area contributed by atoms with Crippen molar-refractivity contribution in [1.29, 1.82) is 0 Å². The van der Waals surface area contributed by atoms with Gasteiger partial charge >= 0.3 is 17.1 Å². The number of hydrogen-bond acceptors (Lipinski definition) is 7. The molecule has 0 fully saturated rings. The zero-order chi connectivity index (χ0) is 28.3. The van der Waals surface area contributed by atoms with Crippen LogP contribution >= 0.6 is 0 Å². The topological polar surface area (TPSA) is 58.6 Å². The number of unbranched alkanes of at least 4 members (excludes halogenated alkanes) is 4. The highest BCUT2D eigenvalue weighted by molar-refractivity contribution is 6.67. The van der Waals surface area contributed by atoms with Crippen LogP contribution in [0.15, 0.2) is 0 Å². The van der Waals surface area contributed by atoms with E-state index in [1.54, 1.807) is 0 Å². The first kappa shape index (κ1) is 37.2. The van der Waals surface area contributed by atoms with E-state index < -0.39 is 17.1 Å². The molecule has 0 aliphatic carbocycles. The van der Waals surface area contributed by atoms with Gasteiger partial charge in [0.15, 0.2) is 0 Å². The van der Waals surface area contributed by atoms with E-state index in [-0.39, 0.29) is 23.9 Å². The van der Waals surface area contributed by atoms with Gasteiger partial charge in [0.25, 0.3) is 0 Å². The fourth-order valence-electron chi connectivity index (χ4n) is 5.11. The van der Waals surface area contributed by atoms with E-state index in [2.05, 4.69) is 52.6 Å². The molecule has 0 saturated carbocycles. The summed E-state index contributed by atoms with van der Waals surface area (Å²) in [7, 11) is -5.03. The van der Waals surface area contributed by atoms with Gasteiger partial charge in [-0.1, -0.05) is 59.3 Å². The predicted molar refractivity (Wildman–Crippen MR) is 159 cm³/mol. The van der Waals surface area contributed by atoms with Crippen LogP contribution in [0.1, 0.15) is 114 Å². The fraction of sp³-hybridized carbons (Fsp3) is 1.00. The number of nitrogens with zero attached hydrogens (tertiary/aromatic N) is 1. The zero-order valence-corrected chi connectivity index (χ0v) is 28.4. The Kier molecular flexibility index (Phi) is 21.1. The van der Waals surface area contributed by atoms with Gasteiger partial charge in [-0.2, -0.15) is 0 Å². The summed E-state index contributed by atoms with van der Waals surface area (Å²) in [5.41, 5.74) is -0.0796. The van der Waals surface area contributed by atoms with E-state index in [0.29, 0.717) is 26.4 Å². The van der Waals surface area contributed by atoms with Crippen LogP contribution in [-0.2, 0) is 27.2 Å². The lowest BCUT2D eigenvalue weighted by Crippen LogP contribution is -2.57. The quantitative estimate of drug-likeness (QED) is 0.0654. The zero-order valence-electron chi connectivity index (χ0n) is 26.4. The average Bonchev–Trinajstić information content (AvgIpc) is 2.84. The van der Waals surface area contributed by atoms with Crippen LogP contribution in [0.4, 0.5) is 0 Å². The van der Waals surface area contributed by atoms with Crippen LogP contribution in [0, 0.1) is 0 Å². The second-order valence-electron chi connectivity index (χ2n) is 10.0. The van der Waals surface area contributed by atoms with Crippen molar-refractivity contribution >= 4 is 17.1 Å². The van der Waals surface area contributed by atoms with E-state index in [9.17, 15) is 0 Å². The predicted octanol–water partition coefficient (Wildman–Crippen LogP) is 7.30. The summed E-state index contributed by atoms with van der Waals surface area (Å²) in [6.45, 7) is 26.8. The minimum Gasteiger partial charge on any atom is -0.393 e. The lowest BCUT2D eigenvalue weighted by atomic mass is 10.2. The highest BCUT2D eigenvalue weighted by atomic mass is 28.4. The van der Waals surface area contributed by atoms with Crippen LogP contribution < -0.4 is 0 Å². The van der Waals surface area contributed by atoms with Crippen molar-refractivity contribution in [3.05, 3.63) is 0 Å². The largest absolute Gasteiger partial charge is 0.393 e. The molecule has 0 spiro atoms. The highest BCUT2D eigenvalue weighted by Gasteiger charge is 2.45.